The number of hydrogen-bond acceptors (Lipinski definition) is 6. The smallest absolute Gasteiger partial charge is 0.310 e. The average Bonchev–Trinajstić information content (AvgIpc) is 3.15. The second-order valence-electron chi connectivity index (χ2n) is 4.59. The summed E-state index contributed by atoms with van der Waals surface area (Å²) in [4.78, 5) is 23.3. The second-order valence-corrected chi connectivity index (χ2v) is 5.37. The van der Waals surface area contributed by atoms with Crippen molar-refractivity contribution in [1.82, 2.24) is 0 Å². The number of thiophene rings is 1. The Morgan fingerprint density at radius 1 is 1.23 bits per heavy atom. The number of fused-ring (bicyclic) bond motifs is 1. The standard InChI is InChI=1S/C15H13NO5S/c17-14(7-19-15(18)5-10-3-4-22-8-10)16-11-1-2-12-13(6-11)21-9-20-12/h1-4,6,8H,5,7,9H2,(H,16,17). The van der Waals surface area contributed by atoms with E-state index in [4.69, 9.17) is 14.2 Å². The topological polar surface area (TPSA) is 73.9 Å². The molecule has 0 fully saturated rings. The van der Waals surface area contributed by atoms with Gasteiger partial charge in [0, 0.05) is 11.8 Å². The molecule has 22 heavy (non-hydrogen) atoms. The van der Waals surface area contributed by atoms with Crippen molar-refractivity contribution < 1.29 is 23.8 Å². The Hall–Kier alpha value is -2.54. The van der Waals surface area contributed by atoms with Crippen LogP contribution < -0.4 is 14.8 Å². The van der Waals surface area contributed by atoms with Crippen LogP contribution in [0, 0.1) is 0 Å². The van der Waals surface area contributed by atoms with Crippen molar-refractivity contribution in [3.05, 3.63) is 40.6 Å². The molecule has 0 spiro atoms. The number of carbonyl (C=O) groups excluding carboxylic acids is 2. The number of anilines is 1. The minimum Gasteiger partial charge on any atom is -0.455 e. The Morgan fingerprint density at radius 2 is 2.09 bits per heavy atom. The third-order valence-corrected chi connectivity index (χ3v) is 3.68. The van der Waals surface area contributed by atoms with Crippen LogP contribution in [0.3, 0.4) is 0 Å². The van der Waals surface area contributed by atoms with Crippen molar-refractivity contribution >= 4 is 28.9 Å². The van der Waals surface area contributed by atoms with Crippen LogP contribution in [0.1, 0.15) is 5.56 Å². The first-order chi connectivity index (χ1) is 10.7. The molecule has 6 nitrogen and oxygen atoms in total. The number of carbonyl (C=O) groups is 2. The molecule has 0 unspecified atom stereocenters. The maximum absolute atomic E-state index is 11.8. The largest absolute Gasteiger partial charge is 0.455 e. The van der Waals surface area contributed by atoms with Crippen LogP contribution in [-0.4, -0.2) is 25.3 Å². The normalized spacial score (nSPS) is 12.0. The first-order valence-corrected chi connectivity index (χ1v) is 7.51. The molecular formula is C15H13NO5S. The van der Waals surface area contributed by atoms with Crippen molar-refractivity contribution in [3.63, 3.8) is 0 Å². The third-order valence-electron chi connectivity index (χ3n) is 2.95. The lowest BCUT2D eigenvalue weighted by Gasteiger charge is -2.07. The van der Waals surface area contributed by atoms with Gasteiger partial charge in [-0.15, -0.1) is 0 Å². The highest BCUT2D eigenvalue weighted by Crippen LogP contribution is 2.34. The van der Waals surface area contributed by atoms with E-state index in [2.05, 4.69) is 5.32 Å². The van der Waals surface area contributed by atoms with Gasteiger partial charge < -0.3 is 19.5 Å². The lowest BCUT2D eigenvalue weighted by Crippen LogP contribution is -2.21. The molecule has 2 aromatic rings. The number of amides is 1. The number of benzene rings is 1. The maximum Gasteiger partial charge on any atom is 0.310 e. The molecule has 0 radical (unpaired) electrons. The molecule has 2 heterocycles. The van der Waals surface area contributed by atoms with Crippen molar-refractivity contribution in [2.45, 2.75) is 6.42 Å². The van der Waals surface area contributed by atoms with Crippen LogP contribution in [0.4, 0.5) is 5.69 Å². The van der Waals surface area contributed by atoms with Crippen LogP contribution in [0.15, 0.2) is 35.0 Å². The summed E-state index contributed by atoms with van der Waals surface area (Å²) in [7, 11) is 0. The van der Waals surface area contributed by atoms with Crippen LogP contribution in [0.25, 0.3) is 0 Å². The Labute approximate surface area is 130 Å². The Bertz CT molecular complexity index is 683. The molecule has 1 N–H and O–H groups in total. The van der Waals surface area contributed by atoms with Crippen molar-refractivity contribution in [2.24, 2.45) is 0 Å². The summed E-state index contributed by atoms with van der Waals surface area (Å²) in [5, 5.41) is 6.39. The van der Waals surface area contributed by atoms with Gasteiger partial charge in [-0.25, -0.2) is 0 Å². The molecule has 7 heteroatoms. The van der Waals surface area contributed by atoms with E-state index in [-0.39, 0.29) is 19.8 Å². The molecule has 0 saturated heterocycles. The van der Waals surface area contributed by atoms with Crippen molar-refractivity contribution in [3.8, 4) is 11.5 Å². The van der Waals surface area contributed by atoms with Crippen molar-refractivity contribution in [1.29, 1.82) is 0 Å². The molecule has 1 aromatic carbocycles. The fourth-order valence-corrected chi connectivity index (χ4v) is 2.60. The molecule has 0 saturated carbocycles. The molecule has 3 rings (SSSR count). The quantitative estimate of drug-likeness (QED) is 0.855. The maximum atomic E-state index is 11.8. The van der Waals surface area contributed by atoms with Gasteiger partial charge in [-0.2, -0.15) is 11.3 Å². The first kappa shape index (κ1) is 14.4. The Balaban J connectivity index is 1.47. The Morgan fingerprint density at radius 3 is 2.91 bits per heavy atom. The average molecular weight is 319 g/mol. The minimum absolute atomic E-state index is 0.167. The van der Waals surface area contributed by atoms with Gasteiger partial charge in [0.2, 0.25) is 6.79 Å². The summed E-state index contributed by atoms with van der Waals surface area (Å²) in [5.74, 6) is 0.379. The number of rotatable bonds is 5. The van der Waals surface area contributed by atoms with E-state index < -0.39 is 11.9 Å². The lowest BCUT2D eigenvalue weighted by molar-refractivity contribution is -0.146. The summed E-state index contributed by atoms with van der Waals surface area (Å²) >= 11 is 1.51. The van der Waals surface area contributed by atoms with Gasteiger partial charge in [0.25, 0.3) is 5.91 Å². The molecule has 0 aliphatic carbocycles. The minimum atomic E-state index is -0.431. The van der Waals surface area contributed by atoms with Gasteiger partial charge in [-0.1, -0.05) is 0 Å². The van der Waals surface area contributed by atoms with Gasteiger partial charge in [0.1, 0.15) is 0 Å². The predicted molar refractivity (Wildman–Crippen MR) is 80.2 cm³/mol. The lowest BCUT2D eigenvalue weighted by atomic mass is 10.2. The molecule has 0 atom stereocenters. The van der Waals surface area contributed by atoms with Crippen LogP contribution in [0.5, 0.6) is 11.5 Å². The molecule has 1 aromatic heterocycles. The van der Waals surface area contributed by atoms with Gasteiger partial charge in [-0.05, 0) is 34.5 Å². The van der Waals surface area contributed by atoms with Crippen LogP contribution >= 0.6 is 11.3 Å². The number of nitrogens with one attached hydrogen (secondary N) is 1. The molecule has 1 amide bonds. The monoisotopic (exact) mass is 319 g/mol. The summed E-state index contributed by atoms with van der Waals surface area (Å²) in [6.45, 7) is -0.148. The van der Waals surface area contributed by atoms with Crippen LogP contribution in [0.2, 0.25) is 0 Å². The van der Waals surface area contributed by atoms with E-state index in [1.165, 1.54) is 11.3 Å². The highest BCUT2D eigenvalue weighted by Gasteiger charge is 2.14. The fourth-order valence-electron chi connectivity index (χ4n) is 1.93. The van der Waals surface area contributed by atoms with Gasteiger partial charge in [-0.3, -0.25) is 9.59 Å². The molecular weight excluding hydrogens is 306 g/mol. The van der Waals surface area contributed by atoms with Gasteiger partial charge >= 0.3 is 5.97 Å². The zero-order valence-corrected chi connectivity index (χ0v) is 12.4. The highest BCUT2D eigenvalue weighted by molar-refractivity contribution is 7.07. The zero-order valence-electron chi connectivity index (χ0n) is 11.5. The number of hydrogen-bond donors (Lipinski definition) is 1. The number of ether oxygens (including phenoxy) is 3. The summed E-state index contributed by atoms with van der Waals surface area (Å²) in [6, 6.07) is 6.91. The summed E-state index contributed by atoms with van der Waals surface area (Å²) < 4.78 is 15.3. The molecule has 1 aliphatic rings. The van der Waals surface area contributed by atoms with E-state index in [1.54, 1.807) is 18.2 Å². The fraction of sp³-hybridized carbons (Fsp3) is 0.200. The molecule has 0 bridgehead atoms. The zero-order chi connectivity index (χ0) is 15.4. The second kappa shape index (κ2) is 6.48. The highest BCUT2D eigenvalue weighted by atomic mass is 32.1. The first-order valence-electron chi connectivity index (χ1n) is 6.57. The van der Waals surface area contributed by atoms with Crippen LogP contribution in [-0.2, 0) is 20.7 Å². The van der Waals surface area contributed by atoms with Crippen molar-refractivity contribution in [2.75, 3.05) is 18.7 Å². The Kier molecular flexibility index (Phi) is 4.24. The molecule has 114 valence electrons. The predicted octanol–water partition coefficient (Wildman–Crippen LogP) is 2.20. The van der Waals surface area contributed by atoms with E-state index in [0.29, 0.717) is 17.2 Å². The van der Waals surface area contributed by atoms with E-state index in [9.17, 15) is 9.59 Å². The van der Waals surface area contributed by atoms with E-state index in [0.717, 1.165) is 5.56 Å². The van der Waals surface area contributed by atoms with E-state index >= 15 is 0 Å². The van der Waals surface area contributed by atoms with Gasteiger partial charge in [0.05, 0.1) is 6.42 Å². The summed E-state index contributed by atoms with van der Waals surface area (Å²) in [6.07, 6.45) is 0.167. The molecule has 1 aliphatic heterocycles. The SMILES string of the molecule is O=C(COC(=O)Cc1ccsc1)Nc1ccc2c(c1)OCO2. The third kappa shape index (κ3) is 3.56. The van der Waals surface area contributed by atoms with Gasteiger partial charge in [0.15, 0.2) is 18.1 Å². The summed E-state index contributed by atoms with van der Waals surface area (Å²) in [5.41, 5.74) is 1.44. The van der Waals surface area contributed by atoms with E-state index in [1.807, 2.05) is 16.8 Å². The number of esters is 1.